The minimum Gasteiger partial charge on any atom is -0.349 e. The van der Waals surface area contributed by atoms with Gasteiger partial charge in [-0.15, -0.1) is 0 Å². The van der Waals surface area contributed by atoms with Gasteiger partial charge in [0.15, 0.2) is 9.84 Å². The summed E-state index contributed by atoms with van der Waals surface area (Å²) in [6.45, 7) is -1.72. The van der Waals surface area contributed by atoms with E-state index in [9.17, 15) is 47.9 Å². The summed E-state index contributed by atoms with van der Waals surface area (Å²) in [7, 11) is -4.40. The van der Waals surface area contributed by atoms with Crippen LogP contribution < -0.4 is 0 Å². The van der Waals surface area contributed by atoms with Gasteiger partial charge in [0.25, 0.3) is 5.60 Å². The van der Waals surface area contributed by atoms with Gasteiger partial charge in [-0.2, -0.15) is 26.3 Å². The average molecular weight is 735 g/mol. The third-order valence-electron chi connectivity index (χ3n) is 9.08. The molecule has 5 rings (SSSR count). The molecule has 0 heterocycles. The largest absolute Gasteiger partial charge is 0.430 e. The van der Waals surface area contributed by atoms with E-state index in [0.717, 1.165) is 48.0 Å². The third kappa shape index (κ3) is 6.94. The van der Waals surface area contributed by atoms with E-state index in [1.165, 1.54) is 0 Å². The first-order valence-electron chi connectivity index (χ1n) is 15.0. The van der Waals surface area contributed by atoms with Gasteiger partial charge in [-0.1, -0.05) is 54.1 Å². The zero-order valence-electron chi connectivity index (χ0n) is 25.4. The summed E-state index contributed by atoms with van der Waals surface area (Å²) in [6, 6.07) is 15.9. The summed E-state index contributed by atoms with van der Waals surface area (Å²) in [4.78, 5) is -0.272. The molecule has 0 aliphatic heterocycles. The Kier molecular flexibility index (Phi) is 10.2. The number of hydrogen-bond donors (Lipinski definition) is 0. The lowest BCUT2D eigenvalue weighted by Crippen LogP contribution is -2.56. The van der Waals surface area contributed by atoms with E-state index in [-0.39, 0.29) is 29.2 Å². The molecule has 4 aromatic rings. The molecule has 4 aromatic carbocycles. The number of aryl methyl sites for hydroxylation is 1. The molecule has 262 valence electrons. The molecule has 2 unspecified atom stereocenters. The second kappa shape index (κ2) is 13.6. The smallest absolute Gasteiger partial charge is 0.349 e. The van der Waals surface area contributed by atoms with Crippen molar-refractivity contribution in [1.82, 2.24) is 0 Å². The molecule has 49 heavy (non-hydrogen) atoms. The molecule has 0 aromatic heterocycles. The first-order chi connectivity index (χ1) is 22.9. The van der Waals surface area contributed by atoms with Crippen LogP contribution in [0.25, 0.3) is 0 Å². The van der Waals surface area contributed by atoms with Gasteiger partial charge >= 0.3 is 12.4 Å². The van der Waals surface area contributed by atoms with Crippen molar-refractivity contribution in [2.75, 3.05) is 0 Å². The van der Waals surface area contributed by atoms with Crippen molar-refractivity contribution in [3.63, 3.8) is 0 Å². The van der Waals surface area contributed by atoms with E-state index >= 15 is 0 Å². The number of hydrogen-bond acceptors (Lipinski definition) is 3. The molecule has 0 radical (unpaired) electrons. The van der Waals surface area contributed by atoms with E-state index in [1.54, 1.807) is 12.1 Å². The van der Waals surface area contributed by atoms with E-state index in [2.05, 4.69) is 4.74 Å². The van der Waals surface area contributed by atoms with Crippen LogP contribution in [-0.2, 0) is 37.9 Å². The van der Waals surface area contributed by atoms with Crippen LogP contribution in [0, 0.1) is 23.4 Å². The number of halogens is 10. The lowest BCUT2D eigenvalue weighted by molar-refractivity contribution is -0.392. The molecule has 1 aliphatic rings. The average Bonchev–Trinajstić information content (AvgIpc) is 3.48. The number of sulfone groups is 1. The molecule has 0 spiro atoms. The van der Waals surface area contributed by atoms with Crippen molar-refractivity contribution < 1.29 is 52.7 Å². The predicted molar refractivity (Wildman–Crippen MR) is 164 cm³/mol. The van der Waals surface area contributed by atoms with E-state index < -0.39 is 67.7 Å². The fourth-order valence-electron chi connectivity index (χ4n) is 6.47. The van der Waals surface area contributed by atoms with Gasteiger partial charge in [-0.05, 0) is 97.7 Å². The Hall–Kier alpha value is -3.55. The monoisotopic (exact) mass is 734 g/mol. The molecule has 0 bridgehead atoms. The molecule has 14 heteroatoms. The van der Waals surface area contributed by atoms with Crippen molar-refractivity contribution in [2.45, 2.75) is 66.3 Å². The fraction of sp³-hybridized carbons (Fsp3) is 0.314. The minimum absolute atomic E-state index is 0.0214. The quantitative estimate of drug-likeness (QED) is 0.120. The predicted octanol–water partition coefficient (Wildman–Crippen LogP) is 10.4. The first kappa shape index (κ1) is 36.7. The first-order valence-corrected chi connectivity index (χ1v) is 16.8. The Balaban J connectivity index is 1.56. The highest BCUT2D eigenvalue weighted by atomic mass is 35.5. The zero-order valence-corrected chi connectivity index (χ0v) is 27.0. The molecule has 3 nitrogen and oxygen atoms in total. The van der Waals surface area contributed by atoms with E-state index in [4.69, 9.17) is 11.6 Å². The van der Waals surface area contributed by atoms with Gasteiger partial charge < -0.3 is 4.74 Å². The fourth-order valence-corrected chi connectivity index (χ4v) is 8.83. The van der Waals surface area contributed by atoms with Crippen LogP contribution in [0.4, 0.5) is 39.5 Å². The van der Waals surface area contributed by atoms with E-state index in [1.807, 2.05) is 12.1 Å². The van der Waals surface area contributed by atoms with Crippen molar-refractivity contribution in [3.05, 3.63) is 136 Å². The van der Waals surface area contributed by atoms with Gasteiger partial charge in [0.2, 0.25) is 0 Å². The molecule has 0 saturated heterocycles. The van der Waals surface area contributed by atoms with Crippen LogP contribution in [0.15, 0.2) is 95.9 Å². The summed E-state index contributed by atoms with van der Waals surface area (Å²) in [6.07, 6.45) is -11.0. The maximum Gasteiger partial charge on any atom is 0.430 e. The Morgan fingerprint density at radius 1 is 0.776 bits per heavy atom. The number of alkyl halides is 6. The van der Waals surface area contributed by atoms with Crippen LogP contribution in [0.1, 0.15) is 47.9 Å². The van der Waals surface area contributed by atoms with Crippen molar-refractivity contribution >= 4 is 21.4 Å². The zero-order chi connectivity index (χ0) is 35.8. The number of benzene rings is 4. The lowest BCUT2D eigenvalue weighted by Gasteiger charge is -2.38. The SMILES string of the molecule is O=S(=O)(c1ccc(F)cc1)C1(c2ccc(C(OCc3c(F)cccc3F)(C(F)(F)F)C(F)(F)F)cc2)CCC(CCc2ccc(Cl)cc2)C1. The molecule has 2 atom stereocenters. The second-order valence-corrected chi connectivity index (χ2v) is 14.7. The van der Waals surface area contributed by atoms with Gasteiger partial charge in [0, 0.05) is 16.1 Å². The van der Waals surface area contributed by atoms with Crippen molar-refractivity contribution in [2.24, 2.45) is 5.92 Å². The molecular weight excluding hydrogens is 707 g/mol. The van der Waals surface area contributed by atoms with Gasteiger partial charge in [-0.3, -0.25) is 0 Å². The molecular formula is C35H28ClF9O3S. The standard InChI is InChI=1S/C35H28ClF9O3S/c36-26-12-6-22(7-13-26)4-5-23-18-19-32(20-23,49(46,47)28-16-14-27(37)15-17-28)24-8-10-25(11-9-24)33(34(40,41)42,35(43,44)45)48-21-29-30(38)2-1-3-31(29)39/h1-3,6-17,23H,4-5,18-21H2. The Morgan fingerprint density at radius 3 is 1.90 bits per heavy atom. The Labute approximate surface area is 281 Å². The highest BCUT2D eigenvalue weighted by molar-refractivity contribution is 7.92. The summed E-state index contributed by atoms with van der Waals surface area (Å²) in [5.74, 6) is -3.74. The Bertz CT molecular complexity index is 1840. The van der Waals surface area contributed by atoms with Gasteiger partial charge in [-0.25, -0.2) is 21.6 Å². The molecule has 0 N–H and O–H groups in total. The highest BCUT2D eigenvalue weighted by Gasteiger charge is 2.73. The minimum atomic E-state index is -6.17. The maximum absolute atomic E-state index is 14.5. The van der Waals surface area contributed by atoms with Crippen LogP contribution in [0.3, 0.4) is 0 Å². The third-order valence-corrected chi connectivity index (χ3v) is 11.9. The van der Waals surface area contributed by atoms with Crippen LogP contribution in [-0.4, -0.2) is 20.8 Å². The number of ether oxygens (including phenoxy) is 1. The second-order valence-electron chi connectivity index (χ2n) is 12.0. The topological polar surface area (TPSA) is 43.4 Å². The van der Waals surface area contributed by atoms with E-state index in [0.29, 0.717) is 48.6 Å². The van der Waals surface area contributed by atoms with Crippen molar-refractivity contribution in [3.8, 4) is 0 Å². The van der Waals surface area contributed by atoms with Crippen LogP contribution >= 0.6 is 11.6 Å². The van der Waals surface area contributed by atoms with Crippen LogP contribution in [0.5, 0.6) is 0 Å². The lowest BCUT2D eigenvalue weighted by atomic mass is 9.87. The summed E-state index contributed by atoms with van der Waals surface area (Å²) >= 11 is 5.96. The number of rotatable bonds is 10. The molecule has 0 amide bonds. The summed E-state index contributed by atoms with van der Waals surface area (Å²) in [5.41, 5.74) is -6.80. The van der Waals surface area contributed by atoms with Gasteiger partial charge in [0.05, 0.1) is 11.5 Å². The summed E-state index contributed by atoms with van der Waals surface area (Å²) in [5, 5.41) is 0.530. The molecule has 1 fully saturated rings. The Morgan fingerprint density at radius 2 is 1.35 bits per heavy atom. The molecule has 1 saturated carbocycles. The molecule has 1 aliphatic carbocycles. The normalized spacial score (nSPS) is 18.9. The maximum atomic E-state index is 14.5. The van der Waals surface area contributed by atoms with Crippen LogP contribution in [0.2, 0.25) is 5.02 Å². The highest BCUT2D eigenvalue weighted by Crippen LogP contribution is 2.55. The summed E-state index contributed by atoms with van der Waals surface area (Å²) < 4.78 is 160. The van der Waals surface area contributed by atoms with Gasteiger partial charge in [0.1, 0.15) is 22.2 Å². The van der Waals surface area contributed by atoms with Crippen molar-refractivity contribution in [1.29, 1.82) is 0 Å².